The molecule has 0 bridgehead atoms. The van der Waals surface area contributed by atoms with Gasteiger partial charge < -0.3 is 4.89 Å². The Hall–Kier alpha value is -0.850. The largest absolute Gasteiger partial charge is 0.338 e. The van der Waals surface area contributed by atoms with Crippen LogP contribution in [-0.4, -0.2) is 4.89 Å². The van der Waals surface area contributed by atoms with E-state index in [1.165, 1.54) is 5.82 Å². The Kier molecular flexibility index (Phi) is 4.80. The van der Waals surface area contributed by atoms with E-state index >= 15 is 0 Å². The second-order valence-corrected chi connectivity index (χ2v) is 5.55. The third-order valence-corrected chi connectivity index (χ3v) is 3.81. The lowest BCUT2D eigenvalue weighted by molar-refractivity contribution is 0.500. The van der Waals surface area contributed by atoms with Crippen molar-refractivity contribution in [3.05, 3.63) is 42.2 Å². The highest BCUT2D eigenvalue weighted by molar-refractivity contribution is 7.69. The van der Waals surface area contributed by atoms with Crippen LogP contribution in [0.5, 0.6) is 0 Å². The van der Waals surface area contributed by atoms with E-state index in [4.69, 9.17) is 0 Å². The first-order valence-corrected chi connectivity index (χ1v) is 6.95. The highest BCUT2D eigenvalue weighted by atomic mass is 31.2. The van der Waals surface area contributed by atoms with Crippen LogP contribution in [0, 0.1) is 0 Å². The van der Waals surface area contributed by atoms with Crippen LogP contribution in [0.2, 0.25) is 0 Å². The number of unbranched alkanes of at least 4 members (excludes halogenated alkanes) is 2. The molecule has 0 aromatic heterocycles. The zero-order valence-electron chi connectivity index (χ0n) is 8.97. The first-order chi connectivity index (χ1) is 7.17. The molecule has 0 saturated heterocycles. The Morgan fingerprint density at radius 3 is 2.60 bits per heavy atom. The highest BCUT2D eigenvalue weighted by Gasteiger charge is 2.15. The minimum absolute atomic E-state index is 0.498. The van der Waals surface area contributed by atoms with Crippen LogP contribution in [0.3, 0.4) is 0 Å². The molecule has 15 heavy (non-hydrogen) atoms. The van der Waals surface area contributed by atoms with Crippen molar-refractivity contribution in [1.29, 1.82) is 0 Å². The van der Waals surface area contributed by atoms with Crippen molar-refractivity contribution < 1.29 is 9.46 Å². The van der Waals surface area contributed by atoms with Crippen LogP contribution in [0.15, 0.2) is 42.2 Å². The Bertz CT molecular complexity index is 357. The molecule has 2 nitrogen and oxygen atoms in total. The van der Waals surface area contributed by atoms with Crippen LogP contribution in [0.1, 0.15) is 26.2 Å². The molecule has 1 aromatic carbocycles. The first-order valence-electron chi connectivity index (χ1n) is 5.22. The van der Waals surface area contributed by atoms with Gasteiger partial charge in [-0.1, -0.05) is 44.0 Å². The summed E-state index contributed by atoms with van der Waals surface area (Å²) in [6, 6.07) is 8.76. The third-order valence-electron chi connectivity index (χ3n) is 2.16. The summed E-state index contributed by atoms with van der Waals surface area (Å²) in [7, 11) is -3.27. The fraction of sp³-hybridized carbons (Fsp3) is 0.333. The van der Waals surface area contributed by atoms with Crippen molar-refractivity contribution in [3.63, 3.8) is 0 Å². The molecule has 82 valence electrons. The number of hydrogen-bond donors (Lipinski definition) is 1. The van der Waals surface area contributed by atoms with Crippen molar-refractivity contribution in [1.82, 2.24) is 0 Å². The molecule has 0 amide bonds. The molecule has 0 fully saturated rings. The molecule has 1 unspecified atom stereocenters. The van der Waals surface area contributed by atoms with E-state index in [1.807, 2.05) is 6.07 Å². The molecule has 1 aromatic rings. The van der Waals surface area contributed by atoms with E-state index in [-0.39, 0.29) is 0 Å². The van der Waals surface area contributed by atoms with Crippen LogP contribution in [-0.2, 0) is 4.57 Å². The molecule has 0 aliphatic carbocycles. The smallest absolute Gasteiger partial charge is 0.251 e. The van der Waals surface area contributed by atoms with Gasteiger partial charge in [0.05, 0.1) is 0 Å². The predicted molar refractivity (Wildman–Crippen MR) is 64.6 cm³/mol. The van der Waals surface area contributed by atoms with Crippen LogP contribution in [0.4, 0.5) is 0 Å². The van der Waals surface area contributed by atoms with E-state index in [0.717, 1.165) is 19.3 Å². The van der Waals surface area contributed by atoms with Crippen molar-refractivity contribution in [2.45, 2.75) is 26.2 Å². The minimum atomic E-state index is -3.27. The van der Waals surface area contributed by atoms with Gasteiger partial charge in [-0.15, -0.1) is 0 Å². The Morgan fingerprint density at radius 1 is 1.33 bits per heavy atom. The summed E-state index contributed by atoms with van der Waals surface area (Å²) >= 11 is 0. The fourth-order valence-corrected chi connectivity index (χ4v) is 2.47. The number of allylic oxidation sites excluding steroid dienone is 1. The second kappa shape index (κ2) is 5.89. The summed E-state index contributed by atoms with van der Waals surface area (Å²) < 4.78 is 11.8. The van der Waals surface area contributed by atoms with Crippen molar-refractivity contribution in [2.24, 2.45) is 0 Å². The van der Waals surface area contributed by atoms with Gasteiger partial charge in [0, 0.05) is 11.1 Å². The lowest BCUT2D eigenvalue weighted by Gasteiger charge is -2.05. The Labute approximate surface area is 91.1 Å². The minimum Gasteiger partial charge on any atom is -0.338 e. The summed E-state index contributed by atoms with van der Waals surface area (Å²) in [5.41, 5.74) is 0. The molecule has 1 rings (SSSR count). The van der Waals surface area contributed by atoms with Crippen LogP contribution >= 0.6 is 7.37 Å². The maximum atomic E-state index is 11.8. The first kappa shape index (κ1) is 12.2. The summed E-state index contributed by atoms with van der Waals surface area (Å²) in [4.78, 5) is 9.75. The maximum Gasteiger partial charge on any atom is 0.251 e. The van der Waals surface area contributed by atoms with E-state index in [1.54, 1.807) is 30.3 Å². The average molecular weight is 224 g/mol. The van der Waals surface area contributed by atoms with Gasteiger partial charge in [0.25, 0.3) is 7.37 Å². The SMILES string of the molecule is CCCCC=CP(=O)(O)c1ccccc1. The summed E-state index contributed by atoms with van der Waals surface area (Å²) in [6.45, 7) is 2.10. The normalized spacial score (nSPS) is 15.3. The van der Waals surface area contributed by atoms with Gasteiger partial charge in [-0.3, -0.25) is 4.57 Å². The molecule has 0 aliphatic heterocycles. The lowest BCUT2D eigenvalue weighted by atomic mass is 10.2. The molecule has 1 N–H and O–H groups in total. The molecule has 0 radical (unpaired) electrons. The van der Waals surface area contributed by atoms with Gasteiger partial charge in [-0.25, -0.2) is 0 Å². The topological polar surface area (TPSA) is 37.3 Å². The van der Waals surface area contributed by atoms with E-state index in [2.05, 4.69) is 6.92 Å². The number of benzene rings is 1. The van der Waals surface area contributed by atoms with E-state index < -0.39 is 7.37 Å². The predicted octanol–water partition coefficient (Wildman–Crippen LogP) is 3.29. The van der Waals surface area contributed by atoms with Gasteiger partial charge in [0.15, 0.2) is 0 Å². The van der Waals surface area contributed by atoms with E-state index in [0.29, 0.717) is 5.30 Å². The summed E-state index contributed by atoms with van der Waals surface area (Å²) in [5.74, 6) is 1.44. The second-order valence-electron chi connectivity index (χ2n) is 3.49. The quantitative estimate of drug-likeness (QED) is 0.615. The zero-order chi connectivity index (χ0) is 11.1. The highest BCUT2D eigenvalue weighted by Crippen LogP contribution is 2.40. The van der Waals surface area contributed by atoms with E-state index in [9.17, 15) is 9.46 Å². The molecular formula is C12H17O2P. The number of hydrogen-bond acceptors (Lipinski definition) is 1. The molecule has 0 heterocycles. The summed E-state index contributed by atoms with van der Waals surface area (Å²) in [5, 5.41) is 0.498. The Balaban J connectivity index is 2.68. The molecule has 0 saturated carbocycles. The standard InChI is InChI=1S/C12H17O2P/c1-2-3-4-8-11-15(13,14)12-9-6-5-7-10-12/h5-11H,2-4H2,1H3,(H,13,14). The summed E-state index contributed by atoms with van der Waals surface area (Å²) in [6.07, 6.45) is 4.84. The van der Waals surface area contributed by atoms with Gasteiger partial charge >= 0.3 is 0 Å². The monoisotopic (exact) mass is 224 g/mol. The maximum absolute atomic E-state index is 11.8. The molecular weight excluding hydrogens is 207 g/mol. The lowest BCUT2D eigenvalue weighted by Crippen LogP contribution is -2.00. The van der Waals surface area contributed by atoms with Gasteiger partial charge in [-0.05, 0) is 18.6 Å². The fourth-order valence-electron chi connectivity index (χ4n) is 1.27. The average Bonchev–Trinajstić information content (AvgIpc) is 2.26. The molecule has 0 aliphatic rings. The third kappa shape index (κ3) is 4.03. The van der Waals surface area contributed by atoms with Crippen molar-refractivity contribution in [3.8, 4) is 0 Å². The zero-order valence-corrected chi connectivity index (χ0v) is 9.86. The Morgan fingerprint density at radius 2 is 2.00 bits per heavy atom. The van der Waals surface area contributed by atoms with Crippen molar-refractivity contribution >= 4 is 12.7 Å². The molecule has 1 atom stereocenters. The van der Waals surface area contributed by atoms with Crippen molar-refractivity contribution in [2.75, 3.05) is 0 Å². The van der Waals surface area contributed by atoms with Gasteiger partial charge in [0.2, 0.25) is 0 Å². The van der Waals surface area contributed by atoms with Gasteiger partial charge in [-0.2, -0.15) is 0 Å². The number of rotatable bonds is 5. The molecule has 3 heteroatoms. The molecule has 0 spiro atoms. The van der Waals surface area contributed by atoms with Crippen LogP contribution < -0.4 is 5.30 Å². The van der Waals surface area contributed by atoms with Crippen LogP contribution in [0.25, 0.3) is 0 Å². The van der Waals surface area contributed by atoms with Gasteiger partial charge in [0.1, 0.15) is 0 Å².